The summed E-state index contributed by atoms with van der Waals surface area (Å²) in [5.41, 5.74) is 10.4. The maximum Gasteiger partial charge on any atom is 0.131 e. The fourth-order valence-corrected chi connectivity index (χ4v) is 7.23. The van der Waals surface area contributed by atoms with Crippen LogP contribution in [0.5, 0.6) is 0 Å². The number of fused-ring (bicyclic) bond motifs is 6. The van der Waals surface area contributed by atoms with E-state index in [0.29, 0.717) is 0 Å². The molecule has 4 nitrogen and oxygen atoms in total. The molecule has 1 atom stereocenters. The van der Waals surface area contributed by atoms with Crippen LogP contribution in [0.2, 0.25) is 0 Å². The lowest BCUT2D eigenvalue weighted by molar-refractivity contribution is 0.296. The van der Waals surface area contributed by atoms with E-state index < -0.39 is 0 Å². The van der Waals surface area contributed by atoms with E-state index in [9.17, 15) is 0 Å². The minimum atomic E-state index is 0.110. The summed E-state index contributed by atoms with van der Waals surface area (Å²) >= 11 is 1.77. The van der Waals surface area contributed by atoms with Gasteiger partial charge in [-0.05, 0) is 81.4 Å². The topological polar surface area (TPSA) is 31.4 Å². The van der Waals surface area contributed by atoms with Gasteiger partial charge < -0.3 is 10.2 Å². The molecule has 4 heterocycles. The predicted molar refractivity (Wildman–Crippen MR) is 174 cm³/mol. The third-order valence-corrected chi connectivity index (χ3v) is 9.39. The quantitative estimate of drug-likeness (QED) is 0.223. The second-order valence-electron chi connectivity index (χ2n) is 10.7. The first kappa shape index (κ1) is 24.1. The first-order chi connectivity index (χ1) is 20.1. The Hall–Kier alpha value is -4.74. The van der Waals surface area contributed by atoms with Gasteiger partial charge in [0.15, 0.2) is 0 Å². The average molecular weight is 549 g/mol. The zero-order valence-electron chi connectivity index (χ0n) is 22.7. The summed E-state index contributed by atoms with van der Waals surface area (Å²) in [5.74, 6) is 0. The SMILES string of the molecule is C=C1c2ccccc2SN2C=C(c3ccc4cc(-c5cc6cccnc6c6c5C=CCN6)ccc4c3)C=CC2N1C. The highest BCUT2D eigenvalue weighted by Crippen LogP contribution is 2.42. The average Bonchev–Trinajstić information content (AvgIpc) is 3.13. The van der Waals surface area contributed by atoms with Crippen molar-refractivity contribution in [2.24, 2.45) is 0 Å². The van der Waals surface area contributed by atoms with Crippen LogP contribution in [0.1, 0.15) is 16.7 Å². The van der Waals surface area contributed by atoms with Crippen LogP contribution in [0.4, 0.5) is 5.69 Å². The van der Waals surface area contributed by atoms with Gasteiger partial charge in [-0.25, -0.2) is 0 Å². The maximum absolute atomic E-state index is 4.66. The third kappa shape index (κ3) is 3.96. The van der Waals surface area contributed by atoms with E-state index in [4.69, 9.17) is 0 Å². The molecular formula is C36H28N4S. The Kier molecular flexibility index (Phi) is 5.54. The Balaban J connectivity index is 1.16. The molecule has 0 saturated carbocycles. The van der Waals surface area contributed by atoms with Crippen LogP contribution < -0.4 is 5.32 Å². The minimum Gasteiger partial charge on any atom is -0.379 e. The molecule has 41 heavy (non-hydrogen) atoms. The molecule has 3 aliphatic heterocycles. The van der Waals surface area contributed by atoms with Crippen molar-refractivity contribution in [2.75, 3.05) is 18.9 Å². The number of hydrogen-bond acceptors (Lipinski definition) is 5. The molecular weight excluding hydrogens is 520 g/mol. The molecule has 8 rings (SSSR count). The van der Waals surface area contributed by atoms with Crippen LogP contribution in [0.25, 0.3) is 50.1 Å². The summed E-state index contributed by atoms with van der Waals surface area (Å²) in [4.78, 5) is 8.13. The van der Waals surface area contributed by atoms with E-state index in [-0.39, 0.29) is 6.17 Å². The fraction of sp³-hybridized carbons (Fsp3) is 0.0833. The lowest BCUT2D eigenvalue weighted by Gasteiger charge is -2.36. The van der Waals surface area contributed by atoms with Crippen molar-refractivity contribution >= 4 is 56.7 Å². The number of likely N-dealkylation sites (N-methyl/N-ethyl adjacent to an activating group) is 1. The Morgan fingerprint density at radius 1 is 0.878 bits per heavy atom. The van der Waals surface area contributed by atoms with Gasteiger partial charge in [0.25, 0.3) is 0 Å². The normalized spacial score (nSPS) is 17.5. The second-order valence-corrected chi connectivity index (χ2v) is 11.8. The highest BCUT2D eigenvalue weighted by molar-refractivity contribution is 7.97. The summed E-state index contributed by atoms with van der Waals surface area (Å²) in [6.07, 6.45) is 13.2. The molecule has 0 bridgehead atoms. The number of nitrogens with zero attached hydrogens (tertiary/aromatic N) is 3. The molecule has 0 spiro atoms. The largest absolute Gasteiger partial charge is 0.379 e. The first-order valence-corrected chi connectivity index (χ1v) is 14.7. The molecule has 1 N–H and O–H groups in total. The maximum atomic E-state index is 4.66. The molecule has 4 aromatic carbocycles. The van der Waals surface area contributed by atoms with Crippen molar-refractivity contribution in [3.63, 3.8) is 0 Å². The van der Waals surface area contributed by atoms with Gasteiger partial charge in [-0.1, -0.05) is 73.3 Å². The molecule has 0 fully saturated rings. The molecule has 1 unspecified atom stereocenters. The van der Waals surface area contributed by atoms with E-state index in [1.165, 1.54) is 49.1 Å². The molecule has 5 aromatic rings. The number of hydrogen-bond donors (Lipinski definition) is 1. The molecule has 5 heteroatoms. The molecule has 0 aliphatic carbocycles. The van der Waals surface area contributed by atoms with E-state index in [1.807, 2.05) is 12.3 Å². The van der Waals surface area contributed by atoms with Gasteiger partial charge in [-0.15, -0.1) is 0 Å². The smallest absolute Gasteiger partial charge is 0.131 e. The standard InChI is InChI=1S/C36H28N4S/c1-23-30-8-3-4-10-33(30)41-40-22-29(15-16-34(40)39(23)2)26-12-11-25-20-27(14-13-24(25)19-26)32-21-28-7-5-17-37-35(28)36-31(32)9-6-18-38-36/h3-17,19-22,34,38H,1,18H2,2H3. The van der Waals surface area contributed by atoms with Crippen LogP contribution in [0.15, 0.2) is 121 Å². The van der Waals surface area contributed by atoms with Crippen molar-refractivity contribution < 1.29 is 0 Å². The van der Waals surface area contributed by atoms with Crippen LogP contribution in [-0.4, -0.2) is 33.9 Å². The van der Waals surface area contributed by atoms with Gasteiger partial charge in [-0.2, -0.15) is 0 Å². The molecule has 0 radical (unpaired) electrons. The molecule has 0 saturated heterocycles. The summed E-state index contributed by atoms with van der Waals surface area (Å²) < 4.78 is 2.33. The molecule has 0 amide bonds. The van der Waals surface area contributed by atoms with Crippen molar-refractivity contribution in [3.8, 4) is 11.1 Å². The summed E-state index contributed by atoms with van der Waals surface area (Å²) in [6, 6.07) is 28.5. The third-order valence-electron chi connectivity index (χ3n) is 8.30. The van der Waals surface area contributed by atoms with Gasteiger partial charge in [0.05, 0.1) is 11.2 Å². The summed E-state index contributed by atoms with van der Waals surface area (Å²) in [7, 11) is 2.12. The van der Waals surface area contributed by atoms with E-state index >= 15 is 0 Å². The van der Waals surface area contributed by atoms with Crippen molar-refractivity contribution in [1.82, 2.24) is 14.2 Å². The predicted octanol–water partition coefficient (Wildman–Crippen LogP) is 8.66. The molecule has 3 aliphatic rings. The number of benzene rings is 4. The van der Waals surface area contributed by atoms with E-state index in [1.54, 1.807) is 11.9 Å². The van der Waals surface area contributed by atoms with Gasteiger partial charge in [0, 0.05) is 53.1 Å². The minimum absolute atomic E-state index is 0.110. The van der Waals surface area contributed by atoms with Crippen molar-refractivity contribution in [1.29, 1.82) is 0 Å². The first-order valence-electron chi connectivity index (χ1n) is 13.9. The lowest BCUT2D eigenvalue weighted by atomic mass is 9.92. The van der Waals surface area contributed by atoms with Gasteiger partial charge in [-0.3, -0.25) is 9.29 Å². The van der Waals surface area contributed by atoms with Gasteiger partial charge in [0.1, 0.15) is 6.17 Å². The number of anilines is 1. The fourth-order valence-electron chi connectivity index (χ4n) is 6.09. The van der Waals surface area contributed by atoms with Gasteiger partial charge >= 0.3 is 0 Å². The van der Waals surface area contributed by atoms with E-state index in [0.717, 1.165) is 28.8 Å². The second kappa shape index (κ2) is 9.43. The number of nitrogens with one attached hydrogen (secondary N) is 1. The lowest BCUT2D eigenvalue weighted by Crippen LogP contribution is -2.38. The van der Waals surface area contributed by atoms with Crippen molar-refractivity contribution in [3.05, 3.63) is 133 Å². The highest BCUT2D eigenvalue weighted by atomic mass is 32.2. The summed E-state index contributed by atoms with van der Waals surface area (Å²) in [6.45, 7) is 5.21. The van der Waals surface area contributed by atoms with Crippen LogP contribution >= 0.6 is 11.9 Å². The molecule has 198 valence electrons. The zero-order chi connectivity index (χ0) is 27.5. The Morgan fingerprint density at radius 2 is 1.71 bits per heavy atom. The van der Waals surface area contributed by atoms with Crippen LogP contribution in [0.3, 0.4) is 0 Å². The van der Waals surface area contributed by atoms with Crippen LogP contribution in [0, 0.1) is 0 Å². The monoisotopic (exact) mass is 548 g/mol. The number of pyridine rings is 1. The Labute approximate surface area is 244 Å². The zero-order valence-corrected chi connectivity index (χ0v) is 23.5. The van der Waals surface area contributed by atoms with Crippen LogP contribution in [-0.2, 0) is 0 Å². The Bertz CT molecular complexity index is 1990. The summed E-state index contributed by atoms with van der Waals surface area (Å²) in [5, 5.41) is 7.16. The molecule has 1 aromatic heterocycles. The number of allylic oxidation sites excluding steroid dienone is 2. The van der Waals surface area contributed by atoms with E-state index in [2.05, 4.69) is 136 Å². The Morgan fingerprint density at radius 3 is 2.61 bits per heavy atom. The highest BCUT2D eigenvalue weighted by Gasteiger charge is 2.29. The number of aromatic nitrogens is 1. The van der Waals surface area contributed by atoms with Crippen molar-refractivity contribution in [2.45, 2.75) is 11.1 Å². The van der Waals surface area contributed by atoms with Gasteiger partial charge in [0.2, 0.25) is 0 Å². The number of rotatable bonds is 2.